The van der Waals surface area contributed by atoms with Gasteiger partial charge in [0.15, 0.2) is 0 Å². The molecule has 33 heavy (non-hydrogen) atoms. The van der Waals surface area contributed by atoms with E-state index in [1.54, 1.807) is 12.1 Å². The summed E-state index contributed by atoms with van der Waals surface area (Å²) in [7, 11) is 1.54. The molecule has 0 fully saturated rings. The Morgan fingerprint density at radius 3 is 2.52 bits per heavy atom. The fourth-order valence-electron chi connectivity index (χ4n) is 3.13. The van der Waals surface area contributed by atoms with Crippen LogP contribution in [0.2, 0.25) is 0 Å². The van der Waals surface area contributed by atoms with E-state index in [2.05, 4.69) is 21.2 Å². The number of methoxy groups -OCH3 is 1. The summed E-state index contributed by atoms with van der Waals surface area (Å²) in [5, 5.41) is 11.9. The second kappa shape index (κ2) is 10.4. The molecule has 0 unspecified atom stereocenters. The number of benzene rings is 3. The summed E-state index contributed by atoms with van der Waals surface area (Å²) in [5.74, 6) is -0.194. The van der Waals surface area contributed by atoms with Crippen LogP contribution in [0.3, 0.4) is 0 Å². The van der Waals surface area contributed by atoms with E-state index in [1.807, 2.05) is 36.4 Å². The normalized spacial score (nSPS) is 11.6. The van der Waals surface area contributed by atoms with Crippen molar-refractivity contribution in [2.75, 3.05) is 12.4 Å². The highest BCUT2D eigenvalue weighted by Crippen LogP contribution is 2.31. The SMILES string of the molecule is COc1ccc(/C=C(\C#N)C(=O)Nc2cccc(C(F)(F)F)c2)c(Cc2ccccc2Br)c1. The largest absolute Gasteiger partial charge is 0.497 e. The fraction of sp³-hybridized carbons (Fsp3) is 0.120. The van der Waals surface area contributed by atoms with E-state index in [0.29, 0.717) is 17.7 Å². The van der Waals surface area contributed by atoms with Crippen molar-refractivity contribution in [2.24, 2.45) is 0 Å². The van der Waals surface area contributed by atoms with Crippen LogP contribution in [-0.2, 0) is 17.4 Å². The van der Waals surface area contributed by atoms with Gasteiger partial charge in [0.2, 0.25) is 0 Å². The van der Waals surface area contributed by atoms with Crippen LogP contribution in [0, 0.1) is 11.3 Å². The van der Waals surface area contributed by atoms with E-state index in [-0.39, 0.29) is 11.3 Å². The zero-order chi connectivity index (χ0) is 24.0. The Balaban J connectivity index is 1.92. The maximum absolute atomic E-state index is 12.9. The molecule has 0 radical (unpaired) electrons. The maximum Gasteiger partial charge on any atom is 0.416 e. The zero-order valence-corrected chi connectivity index (χ0v) is 19.0. The molecule has 0 aliphatic carbocycles. The predicted molar refractivity (Wildman–Crippen MR) is 124 cm³/mol. The molecule has 1 amide bonds. The number of alkyl halides is 3. The summed E-state index contributed by atoms with van der Waals surface area (Å²) in [5.41, 5.74) is 1.22. The summed E-state index contributed by atoms with van der Waals surface area (Å²) < 4.78 is 45.0. The fourth-order valence-corrected chi connectivity index (χ4v) is 3.55. The molecule has 0 aliphatic rings. The van der Waals surface area contributed by atoms with Gasteiger partial charge in [-0.05, 0) is 65.6 Å². The van der Waals surface area contributed by atoms with Gasteiger partial charge in [-0.3, -0.25) is 4.79 Å². The van der Waals surface area contributed by atoms with Crippen LogP contribution in [0.1, 0.15) is 22.3 Å². The second-order valence-electron chi connectivity index (χ2n) is 7.04. The Bertz CT molecular complexity index is 1250. The average Bonchev–Trinajstić information content (AvgIpc) is 2.79. The molecule has 0 atom stereocenters. The molecule has 3 aromatic rings. The van der Waals surface area contributed by atoms with E-state index in [0.717, 1.165) is 27.7 Å². The number of carbonyl (C=O) groups is 1. The molecule has 0 aliphatic heterocycles. The number of carbonyl (C=O) groups excluding carboxylic acids is 1. The van der Waals surface area contributed by atoms with Crippen LogP contribution in [0.5, 0.6) is 5.75 Å². The molecule has 0 heterocycles. The number of nitrogens with one attached hydrogen (secondary N) is 1. The van der Waals surface area contributed by atoms with Crippen molar-refractivity contribution in [1.29, 1.82) is 5.26 Å². The minimum atomic E-state index is -4.54. The van der Waals surface area contributed by atoms with E-state index >= 15 is 0 Å². The number of rotatable bonds is 6. The third-order valence-corrected chi connectivity index (χ3v) is 5.58. The van der Waals surface area contributed by atoms with Crippen molar-refractivity contribution in [3.63, 3.8) is 0 Å². The van der Waals surface area contributed by atoms with Crippen LogP contribution >= 0.6 is 15.9 Å². The van der Waals surface area contributed by atoms with Gasteiger partial charge in [-0.15, -0.1) is 0 Å². The molecule has 0 saturated carbocycles. The summed E-state index contributed by atoms with van der Waals surface area (Å²) in [6.45, 7) is 0. The van der Waals surface area contributed by atoms with Crippen molar-refractivity contribution < 1.29 is 22.7 Å². The van der Waals surface area contributed by atoms with Crippen molar-refractivity contribution in [3.8, 4) is 11.8 Å². The minimum absolute atomic E-state index is 0.0563. The first-order chi connectivity index (χ1) is 15.7. The Morgan fingerprint density at radius 1 is 1.09 bits per heavy atom. The molecule has 0 bridgehead atoms. The number of hydrogen-bond donors (Lipinski definition) is 1. The van der Waals surface area contributed by atoms with Gasteiger partial charge < -0.3 is 10.1 Å². The maximum atomic E-state index is 12.9. The monoisotopic (exact) mass is 514 g/mol. The van der Waals surface area contributed by atoms with Crippen LogP contribution < -0.4 is 10.1 Å². The topological polar surface area (TPSA) is 62.1 Å². The number of hydrogen-bond acceptors (Lipinski definition) is 3. The Hall–Kier alpha value is -3.57. The van der Waals surface area contributed by atoms with Gasteiger partial charge in [-0.2, -0.15) is 18.4 Å². The van der Waals surface area contributed by atoms with E-state index in [4.69, 9.17) is 4.74 Å². The highest BCUT2D eigenvalue weighted by molar-refractivity contribution is 9.10. The lowest BCUT2D eigenvalue weighted by molar-refractivity contribution is -0.137. The van der Waals surface area contributed by atoms with Crippen molar-refractivity contribution >= 4 is 33.6 Å². The molecule has 3 rings (SSSR count). The molecule has 0 saturated heterocycles. The Labute approximate surface area is 197 Å². The molecule has 8 heteroatoms. The first kappa shape index (κ1) is 24.1. The third-order valence-electron chi connectivity index (χ3n) is 4.80. The zero-order valence-electron chi connectivity index (χ0n) is 17.4. The quantitative estimate of drug-likeness (QED) is 0.297. The molecular formula is C25H18BrF3N2O2. The molecule has 0 spiro atoms. The lowest BCUT2D eigenvalue weighted by Crippen LogP contribution is -2.14. The van der Waals surface area contributed by atoms with Crippen LogP contribution in [-0.4, -0.2) is 13.0 Å². The second-order valence-corrected chi connectivity index (χ2v) is 7.89. The van der Waals surface area contributed by atoms with Gasteiger partial charge in [-0.1, -0.05) is 46.3 Å². The lowest BCUT2D eigenvalue weighted by atomic mass is 9.97. The third kappa shape index (κ3) is 6.24. The number of nitriles is 1. The molecule has 3 aromatic carbocycles. The van der Waals surface area contributed by atoms with E-state index in [9.17, 15) is 23.2 Å². The Morgan fingerprint density at radius 2 is 1.85 bits per heavy atom. The molecule has 168 valence electrons. The molecule has 1 N–H and O–H groups in total. The first-order valence-electron chi connectivity index (χ1n) is 9.72. The van der Waals surface area contributed by atoms with Crippen molar-refractivity contribution in [1.82, 2.24) is 0 Å². The van der Waals surface area contributed by atoms with Gasteiger partial charge in [0, 0.05) is 10.2 Å². The summed E-state index contributed by atoms with van der Waals surface area (Å²) >= 11 is 3.52. The summed E-state index contributed by atoms with van der Waals surface area (Å²) in [4.78, 5) is 12.6. The van der Waals surface area contributed by atoms with Gasteiger partial charge >= 0.3 is 6.18 Å². The van der Waals surface area contributed by atoms with Crippen molar-refractivity contribution in [2.45, 2.75) is 12.6 Å². The van der Waals surface area contributed by atoms with Gasteiger partial charge in [0.1, 0.15) is 17.4 Å². The van der Waals surface area contributed by atoms with Crippen LogP contribution in [0.4, 0.5) is 18.9 Å². The highest BCUT2D eigenvalue weighted by Gasteiger charge is 2.30. The van der Waals surface area contributed by atoms with E-state index < -0.39 is 17.6 Å². The lowest BCUT2D eigenvalue weighted by Gasteiger charge is -2.12. The van der Waals surface area contributed by atoms with Crippen LogP contribution in [0.15, 0.2) is 76.8 Å². The van der Waals surface area contributed by atoms with Crippen molar-refractivity contribution in [3.05, 3.63) is 99.0 Å². The minimum Gasteiger partial charge on any atom is -0.497 e. The number of ether oxygens (including phenoxy) is 1. The highest BCUT2D eigenvalue weighted by atomic mass is 79.9. The summed E-state index contributed by atoms with van der Waals surface area (Å²) in [6, 6.07) is 19.0. The van der Waals surface area contributed by atoms with E-state index in [1.165, 1.54) is 25.3 Å². The number of amides is 1. The van der Waals surface area contributed by atoms with Gasteiger partial charge in [0.25, 0.3) is 5.91 Å². The summed E-state index contributed by atoms with van der Waals surface area (Å²) in [6.07, 6.45) is -2.63. The number of anilines is 1. The first-order valence-corrected chi connectivity index (χ1v) is 10.5. The molecular weight excluding hydrogens is 497 g/mol. The predicted octanol–water partition coefficient (Wildman–Crippen LogP) is 6.61. The van der Waals surface area contributed by atoms with Gasteiger partial charge in [-0.25, -0.2) is 0 Å². The smallest absolute Gasteiger partial charge is 0.416 e. The Kier molecular flexibility index (Phi) is 7.56. The van der Waals surface area contributed by atoms with Gasteiger partial charge in [0.05, 0.1) is 12.7 Å². The van der Waals surface area contributed by atoms with Crippen LogP contribution in [0.25, 0.3) is 6.08 Å². The molecule has 4 nitrogen and oxygen atoms in total. The number of nitrogens with zero attached hydrogens (tertiary/aromatic N) is 1. The average molecular weight is 515 g/mol. The molecule has 0 aromatic heterocycles. The number of halogens is 4. The standard InChI is InChI=1S/C25H18BrF3N2O2/c1-33-22-10-9-16(18(13-22)12-17-5-2-3-8-23(17)26)11-19(15-30)24(32)31-21-7-4-6-20(14-21)25(27,28)29/h2-11,13-14H,12H2,1H3,(H,31,32)/b19-11+.